The summed E-state index contributed by atoms with van der Waals surface area (Å²) >= 11 is 0. The fourth-order valence-electron chi connectivity index (χ4n) is 2.48. The van der Waals surface area contributed by atoms with Crippen molar-refractivity contribution < 1.29 is 8.42 Å². The van der Waals surface area contributed by atoms with Gasteiger partial charge in [-0.1, -0.05) is 30.3 Å². The predicted octanol–water partition coefficient (Wildman–Crippen LogP) is 1.26. The minimum atomic E-state index is -3.21. The molecule has 9 heteroatoms. The molecule has 0 atom stereocenters. The molecule has 0 fully saturated rings. The van der Waals surface area contributed by atoms with Crippen molar-refractivity contribution >= 4 is 21.5 Å². The largest absolute Gasteiger partial charge is 0.368 e. The second-order valence-corrected chi connectivity index (χ2v) is 7.91. The highest BCUT2D eigenvalue weighted by molar-refractivity contribution is 7.89. The van der Waals surface area contributed by atoms with Gasteiger partial charge in [0.05, 0.1) is 5.75 Å². The lowest BCUT2D eigenvalue weighted by molar-refractivity contribution is 0.581. The van der Waals surface area contributed by atoms with Gasteiger partial charge in [-0.25, -0.2) is 13.1 Å². The first-order valence-electron chi connectivity index (χ1n) is 8.54. The second kappa shape index (κ2) is 8.24. The van der Waals surface area contributed by atoms with Crippen LogP contribution in [0.5, 0.6) is 0 Å². The highest BCUT2D eigenvalue weighted by Gasteiger charge is 2.10. The van der Waals surface area contributed by atoms with Gasteiger partial charge in [-0.3, -0.25) is 0 Å². The van der Waals surface area contributed by atoms with Gasteiger partial charge in [-0.2, -0.15) is 4.52 Å². The first-order valence-corrected chi connectivity index (χ1v) is 10.2. The molecule has 3 rings (SSSR count). The Labute approximate surface area is 152 Å². The Balaban J connectivity index is 1.62. The molecule has 2 aromatic heterocycles. The molecule has 1 aromatic carbocycles. The number of hydrogen-bond acceptors (Lipinski definition) is 6. The lowest BCUT2D eigenvalue weighted by Gasteiger charge is -2.07. The van der Waals surface area contributed by atoms with Crippen LogP contribution in [0, 0.1) is 0 Å². The van der Waals surface area contributed by atoms with Crippen LogP contribution in [0.1, 0.15) is 18.3 Å². The quantitative estimate of drug-likeness (QED) is 0.585. The van der Waals surface area contributed by atoms with Crippen molar-refractivity contribution in [2.24, 2.45) is 0 Å². The molecule has 0 aliphatic carbocycles. The maximum atomic E-state index is 11.5. The molecule has 0 unspecified atom stereocenters. The number of sulfonamides is 1. The van der Waals surface area contributed by atoms with Crippen LogP contribution in [0.4, 0.5) is 5.82 Å². The number of anilines is 1. The van der Waals surface area contributed by atoms with Gasteiger partial charge in [0.25, 0.3) is 0 Å². The van der Waals surface area contributed by atoms with E-state index in [1.54, 1.807) is 11.4 Å². The van der Waals surface area contributed by atoms with Crippen LogP contribution >= 0.6 is 0 Å². The van der Waals surface area contributed by atoms with Gasteiger partial charge in [0.1, 0.15) is 5.82 Å². The molecule has 138 valence electrons. The molecule has 0 spiro atoms. The minimum Gasteiger partial charge on any atom is -0.368 e. The summed E-state index contributed by atoms with van der Waals surface area (Å²) < 4.78 is 27.2. The van der Waals surface area contributed by atoms with E-state index in [9.17, 15) is 8.42 Å². The van der Waals surface area contributed by atoms with Crippen molar-refractivity contribution in [1.29, 1.82) is 0 Å². The number of benzene rings is 1. The Morgan fingerprint density at radius 1 is 1.00 bits per heavy atom. The van der Waals surface area contributed by atoms with E-state index >= 15 is 0 Å². The molecule has 0 saturated carbocycles. The molecule has 3 aromatic rings. The zero-order chi connectivity index (χ0) is 18.4. The van der Waals surface area contributed by atoms with E-state index in [0.29, 0.717) is 17.9 Å². The van der Waals surface area contributed by atoms with Crippen molar-refractivity contribution in [3.63, 3.8) is 0 Å². The van der Waals surface area contributed by atoms with Crippen LogP contribution in [0.25, 0.3) is 5.65 Å². The fourth-order valence-corrected chi connectivity index (χ4v) is 3.10. The number of fused-ring (bicyclic) bond motifs is 1. The third kappa shape index (κ3) is 4.77. The third-order valence-electron chi connectivity index (χ3n) is 3.94. The van der Waals surface area contributed by atoms with Gasteiger partial charge >= 0.3 is 0 Å². The Hall–Kier alpha value is -2.52. The lowest BCUT2D eigenvalue weighted by atomic mass is 10.1. The van der Waals surface area contributed by atoms with Crippen LogP contribution in [0.2, 0.25) is 0 Å². The normalized spacial score (nSPS) is 11.7. The van der Waals surface area contributed by atoms with Gasteiger partial charge in [-0.05, 0) is 31.0 Å². The lowest BCUT2D eigenvalue weighted by Crippen LogP contribution is -2.27. The summed E-state index contributed by atoms with van der Waals surface area (Å²) in [6.45, 7) is 2.63. The molecule has 0 aliphatic rings. The van der Waals surface area contributed by atoms with Crippen molar-refractivity contribution in [1.82, 2.24) is 24.5 Å². The van der Waals surface area contributed by atoms with E-state index in [0.717, 1.165) is 18.8 Å². The van der Waals surface area contributed by atoms with Crippen molar-refractivity contribution in [3.8, 4) is 0 Å². The number of nitrogens with zero attached hydrogens (tertiary/aromatic N) is 4. The molecule has 2 heterocycles. The SMILES string of the molecule is CCS(=O)(=O)NCCc1nnc2ccc(NCCc3ccccc3)nn12. The van der Waals surface area contributed by atoms with Crippen molar-refractivity contribution in [2.45, 2.75) is 19.8 Å². The van der Waals surface area contributed by atoms with E-state index in [-0.39, 0.29) is 12.3 Å². The summed E-state index contributed by atoms with van der Waals surface area (Å²) in [4.78, 5) is 0. The van der Waals surface area contributed by atoms with Crippen LogP contribution < -0.4 is 10.0 Å². The van der Waals surface area contributed by atoms with E-state index < -0.39 is 10.0 Å². The van der Waals surface area contributed by atoms with Crippen LogP contribution in [0.15, 0.2) is 42.5 Å². The van der Waals surface area contributed by atoms with Gasteiger partial charge in [0.2, 0.25) is 10.0 Å². The van der Waals surface area contributed by atoms with Gasteiger partial charge in [-0.15, -0.1) is 15.3 Å². The molecule has 0 aliphatic heterocycles. The second-order valence-electron chi connectivity index (χ2n) is 5.81. The maximum absolute atomic E-state index is 11.5. The summed E-state index contributed by atoms with van der Waals surface area (Å²) in [5.41, 5.74) is 1.89. The van der Waals surface area contributed by atoms with E-state index in [2.05, 4.69) is 37.5 Å². The predicted molar refractivity (Wildman–Crippen MR) is 101 cm³/mol. The van der Waals surface area contributed by atoms with E-state index in [4.69, 9.17) is 0 Å². The third-order valence-corrected chi connectivity index (χ3v) is 5.34. The Morgan fingerprint density at radius 2 is 1.81 bits per heavy atom. The fraction of sp³-hybridized carbons (Fsp3) is 0.353. The molecule has 0 saturated heterocycles. The Kier molecular flexibility index (Phi) is 5.79. The van der Waals surface area contributed by atoms with Crippen molar-refractivity contribution in [3.05, 3.63) is 53.9 Å². The van der Waals surface area contributed by atoms with E-state index in [1.807, 2.05) is 30.3 Å². The zero-order valence-corrected chi connectivity index (χ0v) is 15.4. The molecular weight excluding hydrogens is 352 g/mol. The highest BCUT2D eigenvalue weighted by Crippen LogP contribution is 2.08. The first-order chi connectivity index (χ1) is 12.6. The van der Waals surface area contributed by atoms with Crippen LogP contribution in [-0.2, 0) is 22.9 Å². The number of aromatic nitrogens is 4. The summed E-state index contributed by atoms with van der Waals surface area (Å²) in [6.07, 6.45) is 1.31. The molecule has 26 heavy (non-hydrogen) atoms. The number of nitrogens with one attached hydrogen (secondary N) is 2. The molecular formula is C17H22N6O2S. The van der Waals surface area contributed by atoms with Crippen LogP contribution in [0.3, 0.4) is 0 Å². The summed E-state index contributed by atoms with van der Waals surface area (Å²) in [5.74, 6) is 1.40. The zero-order valence-electron chi connectivity index (χ0n) is 14.6. The standard InChI is InChI=1S/C17H22N6O2S/c1-2-26(24,25)19-13-11-17-21-20-16-9-8-15(22-23(16)17)18-12-10-14-6-4-3-5-7-14/h3-9,19H,2,10-13H2,1H3,(H,18,22). The average Bonchev–Trinajstić information content (AvgIpc) is 3.05. The molecule has 0 radical (unpaired) electrons. The summed E-state index contributed by atoms with van der Waals surface area (Å²) in [6, 6.07) is 13.9. The van der Waals surface area contributed by atoms with Gasteiger partial charge < -0.3 is 5.32 Å². The maximum Gasteiger partial charge on any atom is 0.211 e. The number of rotatable bonds is 9. The number of hydrogen-bond donors (Lipinski definition) is 2. The molecule has 2 N–H and O–H groups in total. The molecule has 0 bridgehead atoms. The van der Waals surface area contributed by atoms with Crippen molar-refractivity contribution in [2.75, 3.05) is 24.2 Å². The minimum absolute atomic E-state index is 0.0569. The average molecular weight is 374 g/mol. The van der Waals surface area contributed by atoms with E-state index in [1.165, 1.54) is 5.56 Å². The monoisotopic (exact) mass is 374 g/mol. The van der Waals surface area contributed by atoms with Gasteiger partial charge in [0.15, 0.2) is 11.5 Å². The van der Waals surface area contributed by atoms with Gasteiger partial charge in [0, 0.05) is 19.5 Å². The summed E-state index contributed by atoms with van der Waals surface area (Å²) in [7, 11) is -3.21. The first kappa shape index (κ1) is 18.3. The summed E-state index contributed by atoms with van der Waals surface area (Å²) in [5, 5.41) is 16.0. The van der Waals surface area contributed by atoms with Crippen LogP contribution in [-0.4, -0.2) is 47.1 Å². The molecule has 8 nitrogen and oxygen atoms in total. The topological polar surface area (TPSA) is 101 Å². The highest BCUT2D eigenvalue weighted by atomic mass is 32.2. The Morgan fingerprint density at radius 3 is 2.58 bits per heavy atom. The Bertz CT molecular complexity index is 956. The smallest absolute Gasteiger partial charge is 0.211 e. The molecule has 0 amide bonds.